The van der Waals surface area contributed by atoms with E-state index >= 15 is 0 Å². The predicted octanol–water partition coefficient (Wildman–Crippen LogP) is 3.54. The molecule has 4 rings (SSSR count). The van der Waals surface area contributed by atoms with Crippen molar-refractivity contribution in [2.45, 2.75) is 6.18 Å². The molecule has 0 atom stereocenters. The van der Waals surface area contributed by atoms with E-state index in [9.17, 15) is 22.8 Å². The minimum atomic E-state index is -4.48. The molecule has 0 aliphatic carbocycles. The Bertz CT molecular complexity index is 1400. The van der Waals surface area contributed by atoms with Crippen molar-refractivity contribution in [3.8, 4) is 16.9 Å². The molecule has 0 fully saturated rings. The smallest absolute Gasteiger partial charge is 0.405 e. The average Bonchev–Trinajstić information content (AvgIpc) is 3.23. The quantitative estimate of drug-likeness (QED) is 0.369. The number of carbonyl (C=O) groups excluding carboxylic acids is 2. The first kappa shape index (κ1) is 23.5. The summed E-state index contributed by atoms with van der Waals surface area (Å²) in [5.74, 6) is -0.719. The number of nitrogens with zero attached hydrogens (tertiary/aromatic N) is 3. The number of pyridine rings is 1. The largest absolute Gasteiger partial charge is 0.495 e. The highest BCUT2D eigenvalue weighted by molar-refractivity contribution is 5.95. The highest BCUT2D eigenvalue weighted by atomic mass is 19.4. The number of halogens is 3. The number of methoxy groups -OCH3 is 1. The number of benzene rings is 2. The van der Waals surface area contributed by atoms with E-state index in [1.165, 1.54) is 25.3 Å². The molecule has 0 spiro atoms. The van der Waals surface area contributed by atoms with Gasteiger partial charge in [-0.25, -0.2) is 4.52 Å². The van der Waals surface area contributed by atoms with Crippen LogP contribution in [0.3, 0.4) is 0 Å². The summed E-state index contributed by atoms with van der Waals surface area (Å²) in [5.41, 5.74) is 8.27. The maximum atomic E-state index is 12.3. The second-order valence-electron chi connectivity index (χ2n) is 7.44. The van der Waals surface area contributed by atoms with Gasteiger partial charge in [0.15, 0.2) is 5.65 Å². The topological polar surface area (TPSA) is 124 Å². The minimum absolute atomic E-state index is 0.114. The molecule has 0 unspecified atom stereocenters. The standard InChI is InChI=1S/C23H19F3N6O3/c1-35-18-10-15(20(27)33)6-8-17(18)29-22-30-19-9-7-16(11-32(19)31-22)13-2-4-14(5-3-13)21(34)28-12-23(24,25)26/h2-11H,12H2,1H3,(H2,27,33)(H,28,34)(H,29,31). The minimum Gasteiger partial charge on any atom is -0.495 e. The Balaban J connectivity index is 1.52. The van der Waals surface area contributed by atoms with Crippen LogP contribution in [0.15, 0.2) is 60.8 Å². The van der Waals surface area contributed by atoms with Crippen molar-refractivity contribution in [1.29, 1.82) is 0 Å². The van der Waals surface area contributed by atoms with E-state index in [2.05, 4.69) is 15.4 Å². The zero-order valence-electron chi connectivity index (χ0n) is 18.3. The summed E-state index contributed by atoms with van der Waals surface area (Å²) < 4.78 is 43.7. The maximum absolute atomic E-state index is 12.3. The molecule has 0 radical (unpaired) electrons. The van der Waals surface area contributed by atoms with Crippen LogP contribution in [0.2, 0.25) is 0 Å². The Morgan fingerprint density at radius 2 is 1.71 bits per heavy atom. The molecule has 4 aromatic rings. The van der Waals surface area contributed by atoms with Crippen LogP contribution in [0.5, 0.6) is 5.75 Å². The highest BCUT2D eigenvalue weighted by Crippen LogP contribution is 2.28. The van der Waals surface area contributed by atoms with Crippen molar-refractivity contribution in [3.63, 3.8) is 0 Å². The lowest BCUT2D eigenvalue weighted by Gasteiger charge is -2.09. The fraction of sp³-hybridized carbons (Fsp3) is 0.130. The van der Waals surface area contributed by atoms with Gasteiger partial charge in [-0.15, -0.1) is 5.10 Å². The fourth-order valence-electron chi connectivity index (χ4n) is 3.27. The van der Waals surface area contributed by atoms with E-state index in [0.717, 1.165) is 11.1 Å². The first-order chi connectivity index (χ1) is 16.6. The predicted molar refractivity (Wildman–Crippen MR) is 122 cm³/mol. The fourth-order valence-corrected chi connectivity index (χ4v) is 3.27. The number of hydrogen-bond donors (Lipinski definition) is 3. The molecule has 2 heterocycles. The molecule has 0 saturated carbocycles. The number of ether oxygens (including phenoxy) is 1. The van der Waals surface area contributed by atoms with Gasteiger partial charge < -0.3 is 21.1 Å². The molecule has 4 N–H and O–H groups in total. The summed E-state index contributed by atoms with van der Waals surface area (Å²) in [6, 6.07) is 14.4. The van der Waals surface area contributed by atoms with Crippen LogP contribution >= 0.6 is 0 Å². The lowest BCUT2D eigenvalue weighted by Crippen LogP contribution is -2.33. The molecule has 180 valence electrons. The monoisotopic (exact) mass is 484 g/mol. The van der Waals surface area contributed by atoms with Crippen molar-refractivity contribution in [2.75, 3.05) is 19.0 Å². The molecule has 2 amide bonds. The third kappa shape index (κ3) is 5.49. The molecule has 2 aromatic carbocycles. The SMILES string of the molecule is COc1cc(C(N)=O)ccc1Nc1nc2ccc(-c3ccc(C(=O)NCC(F)(F)F)cc3)cn2n1. The van der Waals surface area contributed by atoms with Gasteiger partial charge in [-0.2, -0.15) is 18.2 Å². The summed E-state index contributed by atoms with van der Waals surface area (Å²) in [5, 5.41) is 9.27. The van der Waals surface area contributed by atoms with E-state index in [0.29, 0.717) is 22.6 Å². The number of alkyl halides is 3. The average molecular weight is 484 g/mol. The Labute approximate surface area is 196 Å². The summed E-state index contributed by atoms with van der Waals surface area (Å²) in [6.07, 6.45) is -2.76. The van der Waals surface area contributed by atoms with Gasteiger partial charge in [0.25, 0.3) is 5.91 Å². The number of aromatic nitrogens is 3. The zero-order valence-corrected chi connectivity index (χ0v) is 18.3. The van der Waals surface area contributed by atoms with Gasteiger partial charge in [-0.3, -0.25) is 9.59 Å². The third-order valence-corrected chi connectivity index (χ3v) is 4.99. The van der Waals surface area contributed by atoms with E-state index in [1.54, 1.807) is 47.1 Å². The molecule has 0 bridgehead atoms. The Morgan fingerprint density at radius 1 is 1.03 bits per heavy atom. The zero-order chi connectivity index (χ0) is 25.2. The van der Waals surface area contributed by atoms with Crippen LogP contribution in [0, 0.1) is 0 Å². The molecule has 12 heteroatoms. The van der Waals surface area contributed by atoms with Crippen molar-refractivity contribution in [1.82, 2.24) is 19.9 Å². The normalized spacial score (nSPS) is 11.3. The van der Waals surface area contributed by atoms with Crippen molar-refractivity contribution in [3.05, 3.63) is 71.9 Å². The summed E-state index contributed by atoms with van der Waals surface area (Å²) in [7, 11) is 1.46. The number of fused-ring (bicyclic) bond motifs is 1. The van der Waals surface area contributed by atoms with Crippen LogP contribution in [0.25, 0.3) is 16.8 Å². The summed E-state index contributed by atoms with van der Waals surface area (Å²) in [4.78, 5) is 27.7. The number of nitrogens with two attached hydrogens (primary N) is 1. The second-order valence-corrected chi connectivity index (χ2v) is 7.44. The first-order valence-corrected chi connectivity index (χ1v) is 10.2. The molecule has 9 nitrogen and oxygen atoms in total. The Hall–Kier alpha value is -4.61. The molecule has 2 aromatic heterocycles. The number of carbonyl (C=O) groups is 2. The van der Waals surface area contributed by atoms with Gasteiger partial charge in [0.2, 0.25) is 11.9 Å². The Morgan fingerprint density at radius 3 is 2.37 bits per heavy atom. The van der Waals surface area contributed by atoms with Crippen LogP contribution in [-0.2, 0) is 0 Å². The van der Waals surface area contributed by atoms with E-state index in [1.807, 2.05) is 5.32 Å². The molecule has 0 aliphatic rings. The summed E-state index contributed by atoms with van der Waals surface area (Å²) in [6.45, 7) is -1.39. The van der Waals surface area contributed by atoms with Crippen molar-refractivity contribution < 1.29 is 27.5 Å². The van der Waals surface area contributed by atoms with Gasteiger partial charge in [0.05, 0.1) is 12.8 Å². The van der Waals surface area contributed by atoms with E-state index in [-0.39, 0.29) is 11.5 Å². The van der Waals surface area contributed by atoms with E-state index in [4.69, 9.17) is 10.5 Å². The van der Waals surface area contributed by atoms with Crippen molar-refractivity contribution in [2.24, 2.45) is 5.73 Å². The molecule has 35 heavy (non-hydrogen) atoms. The van der Waals surface area contributed by atoms with Crippen LogP contribution in [0.1, 0.15) is 20.7 Å². The number of rotatable bonds is 7. The lowest BCUT2D eigenvalue weighted by atomic mass is 10.1. The number of primary amides is 1. The highest BCUT2D eigenvalue weighted by Gasteiger charge is 2.27. The number of amides is 2. The van der Waals surface area contributed by atoms with Crippen LogP contribution in [-0.4, -0.2) is 46.2 Å². The Kier molecular flexibility index (Phi) is 6.28. The molecule has 0 saturated heterocycles. The third-order valence-electron chi connectivity index (χ3n) is 4.99. The number of nitrogens with one attached hydrogen (secondary N) is 2. The lowest BCUT2D eigenvalue weighted by molar-refractivity contribution is -0.123. The second kappa shape index (κ2) is 9.33. The number of hydrogen-bond acceptors (Lipinski definition) is 6. The number of anilines is 2. The van der Waals surface area contributed by atoms with Gasteiger partial charge in [-0.1, -0.05) is 12.1 Å². The maximum Gasteiger partial charge on any atom is 0.405 e. The van der Waals surface area contributed by atoms with Gasteiger partial charge in [0, 0.05) is 22.9 Å². The van der Waals surface area contributed by atoms with Crippen LogP contribution < -0.4 is 21.1 Å². The molecular weight excluding hydrogens is 465 g/mol. The van der Waals surface area contributed by atoms with Crippen molar-refractivity contribution >= 4 is 29.1 Å². The van der Waals surface area contributed by atoms with Gasteiger partial charge in [0.1, 0.15) is 12.3 Å². The molecule has 0 aliphatic heterocycles. The van der Waals surface area contributed by atoms with E-state index < -0.39 is 24.5 Å². The summed E-state index contributed by atoms with van der Waals surface area (Å²) >= 11 is 0. The van der Waals surface area contributed by atoms with Gasteiger partial charge >= 0.3 is 6.18 Å². The molecular formula is C23H19F3N6O3. The van der Waals surface area contributed by atoms with Crippen LogP contribution in [0.4, 0.5) is 24.8 Å². The van der Waals surface area contributed by atoms with Gasteiger partial charge in [-0.05, 0) is 48.0 Å². The first-order valence-electron chi connectivity index (χ1n) is 10.2.